The molecule has 0 aliphatic carbocycles. The molecule has 0 fully saturated rings. The van der Waals surface area contributed by atoms with E-state index in [9.17, 15) is 0 Å². The lowest BCUT2D eigenvalue weighted by molar-refractivity contribution is 0.568. The summed E-state index contributed by atoms with van der Waals surface area (Å²) < 4.78 is 5.23. The molecule has 0 spiro atoms. The minimum Gasteiger partial charge on any atom is -0.472 e. The summed E-state index contributed by atoms with van der Waals surface area (Å²) in [6, 6.07) is 12.0. The first-order chi connectivity index (χ1) is 14.4. The van der Waals surface area contributed by atoms with Crippen molar-refractivity contribution in [3.8, 4) is 33.8 Å². The van der Waals surface area contributed by atoms with Crippen LogP contribution in [0, 0.1) is 0 Å². The van der Waals surface area contributed by atoms with Crippen molar-refractivity contribution in [3.63, 3.8) is 0 Å². The second-order valence-electron chi connectivity index (χ2n) is 6.75. The van der Waals surface area contributed by atoms with Gasteiger partial charge in [-0.25, -0.2) is 4.98 Å². The summed E-state index contributed by atoms with van der Waals surface area (Å²) in [4.78, 5) is 16.6. The first-order valence-corrected chi connectivity index (χ1v) is 9.12. The molecule has 29 heavy (non-hydrogen) atoms. The van der Waals surface area contributed by atoms with Crippen molar-refractivity contribution in [3.05, 3.63) is 73.7 Å². The zero-order valence-corrected chi connectivity index (χ0v) is 15.1. The fourth-order valence-corrected chi connectivity index (χ4v) is 3.62. The molecule has 0 aliphatic rings. The number of aromatic amines is 2. The topological polar surface area (TPSA) is 96.3 Å². The third-order valence-electron chi connectivity index (χ3n) is 5.04. The van der Waals surface area contributed by atoms with Crippen molar-refractivity contribution in [2.24, 2.45) is 0 Å². The molecule has 0 bridgehead atoms. The van der Waals surface area contributed by atoms with Gasteiger partial charge in [0.05, 0.1) is 29.6 Å². The lowest BCUT2D eigenvalue weighted by Crippen LogP contribution is -1.83. The number of hydrogen-bond donors (Lipinski definition) is 2. The van der Waals surface area contributed by atoms with Crippen LogP contribution >= 0.6 is 0 Å². The average molecular weight is 378 g/mol. The Morgan fingerprint density at radius 3 is 2.62 bits per heavy atom. The Morgan fingerprint density at radius 1 is 0.828 bits per heavy atom. The van der Waals surface area contributed by atoms with E-state index >= 15 is 0 Å². The van der Waals surface area contributed by atoms with Crippen LogP contribution in [0.15, 0.2) is 78.1 Å². The Morgan fingerprint density at radius 2 is 1.76 bits per heavy atom. The molecule has 6 heterocycles. The number of H-pyrrole nitrogens is 2. The molecule has 0 unspecified atom stereocenters. The molecule has 0 amide bonds. The number of nitrogens with one attached hydrogen (secondary N) is 2. The van der Waals surface area contributed by atoms with Crippen LogP contribution in [0.25, 0.3) is 55.7 Å². The maximum atomic E-state index is 5.23. The molecule has 0 saturated carbocycles. The first kappa shape index (κ1) is 15.8. The van der Waals surface area contributed by atoms with E-state index in [1.54, 1.807) is 31.1 Å². The van der Waals surface area contributed by atoms with E-state index in [2.05, 4.69) is 42.3 Å². The van der Waals surface area contributed by atoms with Gasteiger partial charge in [0.25, 0.3) is 0 Å². The second-order valence-corrected chi connectivity index (χ2v) is 6.75. The highest BCUT2D eigenvalue weighted by molar-refractivity contribution is 5.99. The van der Waals surface area contributed by atoms with E-state index < -0.39 is 0 Å². The zero-order valence-electron chi connectivity index (χ0n) is 15.1. The second kappa shape index (κ2) is 6.13. The summed E-state index contributed by atoms with van der Waals surface area (Å²) in [7, 11) is 0. The smallest absolute Gasteiger partial charge is 0.181 e. The highest BCUT2D eigenvalue weighted by atomic mass is 16.3. The van der Waals surface area contributed by atoms with Crippen molar-refractivity contribution in [2.75, 3.05) is 0 Å². The van der Waals surface area contributed by atoms with Crippen molar-refractivity contribution in [1.82, 2.24) is 30.1 Å². The number of rotatable bonds is 3. The van der Waals surface area contributed by atoms with Crippen molar-refractivity contribution in [2.45, 2.75) is 0 Å². The van der Waals surface area contributed by atoms with E-state index in [1.807, 2.05) is 30.5 Å². The molecule has 0 aromatic carbocycles. The van der Waals surface area contributed by atoms with Gasteiger partial charge in [0.1, 0.15) is 0 Å². The van der Waals surface area contributed by atoms with Gasteiger partial charge >= 0.3 is 0 Å². The van der Waals surface area contributed by atoms with Crippen LogP contribution in [0.2, 0.25) is 0 Å². The van der Waals surface area contributed by atoms with Crippen LogP contribution in [-0.4, -0.2) is 30.1 Å². The van der Waals surface area contributed by atoms with Gasteiger partial charge in [0.15, 0.2) is 5.65 Å². The maximum Gasteiger partial charge on any atom is 0.181 e. The molecule has 0 radical (unpaired) electrons. The minimum absolute atomic E-state index is 0.671. The van der Waals surface area contributed by atoms with E-state index in [0.717, 1.165) is 50.1 Å². The van der Waals surface area contributed by atoms with E-state index in [1.165, 1.54) is 0 Å². The molecule has 6 rings (SSSR count). The molecule has 138 valence electrons. The standard InChI is InChI=1S/C22H14N6O/c1-5-23-6-2-13(1)15-9-17-21(27-28-22(17)25-11-15)19-10-16-18(26-19)3-7-24-20(16)14-4-8-29-12-14/h1-12,26H,(H,25,27,28). The molecular formula is C22H14N6O. The van der Waals surface area contributed by atoms with E-state index in [0.29, 0.717) is 5.65 Å². The number of furan rings is 1. The van der Waals surface area contributed by atoms with Crippen LogP contribution in [0.3, 0.4) is 0 Å². The van der Waals surface area contributed by atoms with Gasteiger partial charge in [-0.2, -0.15) is 5.10 Å². The van der Waals surface area contributed by atoms with Crippen LogP contribution in [0.4, 0.5) is 0 Å². The number of pyridine rings is 3. The summed E-state index contributed by atoms with van der Waals surface area (Å²) in [5, 5.41) is 9.47. The molecule has 6 aromatic heterocycles. The third-order valence-corrected chi connectivity index (χ3v) is 5.04. The zero-order chi connectivity index (χ0) is 19.2. The van der Waals surface area contributed by atoms with Crippen LogP contribution in [0.1, 0.15) is 0 Å². The lowest BCUT2D eigenvalue weighted by atomic mass is 10.1. The average Bonchev–Trinajstić information content (AvgIpc) is 3.52. The van der Waals surface area contributed by atoms with Gasteiger partial charge < -0.3 is 9.40 Å². The highest BCUT2D eigenvalue weighted by Gasteiger charge is 2.15. The van der Waals surface area contributed by atoms with E-state index in [-0.39, 0.29) is 0 Å². The van der Waals surface area contributed by atoms with Gasteiger partial charge in [-0.3, -0.25) is 15.1 Å². The quantitative estimate of drug-likeness (QED) is 0.460. The van der Waals surface area contributed by atoms with Gasteiger partial charge in [0.2, 0.25) is 0 Å². The van der Waals surface area contributed by atoms with Crippen LogP contribution < -0.4 is 0 Å². The Hall–Kier alpha value is -4.26. The van der Waals surface area contributed by atoms with Crippen molar-refractivity contribution >= 4 is 21.9 Å². The Bertz CT molecular complexity index is 1450. The van der Waals surface area contributed by atoms with Crippen LogP contribution in [0.5, 0.6) is 0 Å². The maximum absolute atomic E-state index is 5.23. The molecule has 7 heteroatoms. The molecule has 0 saturated heterocycles. The molecule has 6 aromatic rings. The van der Waals surface area contributed by atoms with E-state index in [4.69, 9.17) is 4.42 Å². The molecular weight excluding hydrogens is 364 g/mol. The van der Waals surface area contributed by atoms with Gasteiger partial charge in [-0.1, -0.05) is 0 Å². The SMILES string of the molecule is c1cc(-c2cnc3n[nH]c(-c4cc5c(-c6ccoc6)nccc5[nH]4)c3c2)ccn1. The van der Waals surface area contributed by atoms with Gasteiger partial charge in [-0.05, 0) is 42.0 Å². The number of hydrogen-bond acceptors (Lipinski definition) is 5. The summed E-state index contributed by atoms with van der Waals surface area (Å²) in [5.41, 5.74) is 7.36. The molecule has 0 atom stereocenters. The predicted molar refractivity (Wildman–Crippen MR) is 110 cm³/mol. The van der Waals surface area contributed by atoms with Crippen molar-refractivity contribution in [1.29, 1.82) is 0 Å². The summed E-state index contributed by atoms with van der Waals surface area (Å²) >= 11 is 0. The van der Waals surface area contributed by atoms with Gasteiger partial charge in [-0.15, -0.1) is 0 Å². The third kappa shape index (κ3) is 2.52. The highest BCUT2D eigenvalue weighted by Crippen LogP contribution is 2.33. The molecule has 0 aliphatic heterocycles. The van der Waals surface area contributed by atoms with Crippen LogP contribution in [-0.2, 0) is 0 Å². The molecule has 2 N–H and O–H groups in total. The largest absolute Gasteiger partial charge is 0.472 e. The van der Waals surface area contributed by atoms with Crippen molar-refractivity contribution < 1.29 is 4.42 Å². The summed E-state index contributed by atoms with van der Waals surface area (Å²) in [6.07, 6.45) is 10.5. The Kier molecular flexibility index (Phi) is 3.33. The lowest BCUT2D eigenvalue weighted by Gasteiger charge is -2.01. The normalized spacial score (nSPS) is 11.4. The monoisotopic (exact) mass is 378 g/mol. The first-order valence-electron chi connectivity index (χ1n) is 9.12. The number of nitrogens with zero attached hydrogens (tertiary/aromatic N) is 4. The summed E-state index contributed by atoms with van der Waals surface area (Å²) in [5.74, 6) is 0. The summed E-state index contributed by atoms with van der Waals surface area (Å²) in [6.45, 7) is 0. The number of aromatic nitrogens is 6. The fraction of sp³-hybridized carbons (Fsp3) is 0. The predicted octanol–water partition coefficient (Wildman–Crippen LogP) is 4.82. The fourth-order valence-electron chi connectivity index (χ4n) is 3.62. The Labute approximate surface area is 164 Å². The van der Waals surface area contributed by atoms with Gasteiger partial charge in [0, 0.05) is 52.2 Å². The molecule has 7 nitrogen and oxygen atoms in total. The minimum atomic E-state index is 0.671. The number of fused-ring (bicyclic) bond motifs is 2. The Balaban J connectivity index is 1.53.